The van der Waals surface area contributed by atoms with E-state index in [1.807, 2.05) is 24.4 Å². The fourth-order valence-corrected chi connectivity index (χ4v) is 6.09. The Morgan fingerprint density at radius 3 is 1.71 bits per heavy atom. The van der Waals surface area contributed by atoms with E-state index in [0.29, 0.717) is 0 Å². The van der Waals surface area contributed by atoms with Gasteiger partial charge in [-0.05, 0) is 108 Å². The molecular weight excluding hydrogens is 560 g/mol. The van der Waals surface area contributed by atoms with E-state index in [4.69, 9.17) is 28.0 Å². The van der Waals surface area contributed by atoms with Gasteiger partial charge in [0, 0.05) is 22.5 Å². The molecule has 3 aromatic carbocycles. The minimum Gasteiger partial charge on any atom is -0.455 e. The number of furan rings is 1. The Morgan fingerprint density at radius 2 is 1.13 bits per heavy atom. The zero-order valence-electron chi connectivity index (χ0n) is 27.6. The average Bonchev–Trinajstić information content (AvgIpc) is 3.56. The van der Waals surface area contributed by atoms with Gasteiger partial charge in [-0.3, -0.25) is 4.98 Å². The van der Waals surface area contributed by atoms with Crippen LogP contribution in [-0.4, -0.2) is 41.6 Å². The number of rotatable bonds is 6. The fourth-order valence-electron chi connectivity index (χ4n) is 6.09. The number of pyridine rings is 1. The number of benzene rings is 3. The lowest BCUT2D eigenvalue weighted by Gasteiger charge is -2.32. The van der Waals surface area contributed by atoms with Gasteiger partial charge in [0.15, 0.2) is 0 Å². The van der Waals surface area contributed by atoms with Crippen molar-refractivity contribution in [2.24, 2.45) is 0 Å². The third-order valence-electron chi connectivity index (χ3n) is 10.3. The molecule has 0 N–H and O–H groups in total. The molecule has 0 bridgehead atoms. The van der Waals surface area contributed by atoms with Crippen LogP contribution in [0.5, 0.6) is 0 Å². The molecule has 2 aliphatic heterocycles. The Labute approximate surface area is 266 Å². The summed E-state index contributed by atoms with van der Waals surface area (Å²) in [7, 11) is -0.948. The molecule has 0 spiro atoms. The molecule has 2 aliphatic rings. The number of aromatic nitrogens is 1. The van der Waals surface area contributed by atoms with E-state index in [2.05, 4.69) is 110 Å². The van der Waals surface area contributed by atoms with Crippen LogP contribution in [0.2, 0.25) is 0 Å². The van der Waals surface area contributed by atoms with Gasteiger partial charge in [0.1, 0.15) is 11.2 Å². The number of para-hydroxylation sites is 2. The molecule has 8 heteroatoms. The van der Waals surface area contributed by atoms with Gasteiger partial charge >= 0.3 is 14.2 Å². The highest BCUT2D eigenvalue weighted by molar-refractivity contribution is 6.66. The number of fused-ring (bicyclic) bond motifs is 3. The van der Waals surface area contributed by atoms with Gasteiger partial charge in [0.2, 0.25) is 0 Å². The van der Waals surface area contributed by atoms with Crippen molar-refractivity contribution < 1.29 is 23.0 Å². The van der Waals surface area contributed by atoms with E-state index in [1.54, 1.807) is 0 Å². The number of hydrogen-bond acceptors (Lipinski definition) is 6. The van der Waals surface area contributed by atoms with Crippen molar-refractivity contribution in [3.63, 3.8) is 0 Å². The maximum atomic E-state index is 6.45. The Bertz CT molecular complexity index is 1810. The molecule has 2 fully saturated rings. The van der Waals surface area contributed by atoms with Crippen LogP contribution in [0.15, 0.2) is 83.4 Å². The summed E-state index contributed by atoms with van der Waals surface area (Å²) in [4.78, 5) is 4.87. The lowest BCUT2D eigenvalue weighted by Crippen LogP contribution is -2.41. The summed E-state index contributed by atoms with van der Waals surface area (Å²) in [5, 5.41) is 2.22. The lowest BCUT2D eigenvalue weighted by molar-refractivity contribution is 0.00578. The molecule has 0 atom stereocenters. The van der Waals surface area contributed by atoms with Crippen molar-refractivity contribution in [2.45, 2.75) is 90.6 Å². The molecule has 0 radical (unpaired) electrons. The first-order valence-corrected chi connectivity index (χ1v) is 15.9. The topological polar surface area (TPSA) is 63.0 Å². The maximum absolute atomic E-state index is 6.45. The number of nitrogens with zero attached hydrogens (tertiary/aromatic N) is 1. The molecule has 2 saturated heterocycles. The molecule has 4 heterocycles. The zero-order chi connectivity index (χ0) is 31.8. The van der Waals surface area contributed by atoms with E-state index in [1.165, 1.54) is 5.56 Å². The zero-order valence-corrected chi connectivity index (χ0v) is 27.6. The minimum atomic E-state index is -0.474. The summed E-state index contributed by atoms with van der Waals surface area (Å²) in [6.45, 7) is 16.6. The molecule has 5 aromatic rings. The van der Waals surface area contributed by atoms with Crippen LogP contribution in [-0.2, 0) is 31.5 Å². The van der Waals surface area contributed by atoms with Crippen molar-refractivity contribution in [2.75, 3.05) is 0 Å². The first kappa shape index (κ1) is 30.2. The number of hydrogen-bond donors (Lipinski definition) is 0. The van der Waals surface area contributed by atoms with Gasteiger partial charge in [-0.15, -0.1) is 0 Å². The monoisotopic (exact) mass is 601 g/mol. The smallest absolute Gasteiger partial charge is 0.455 e. The molecule has 2 aromatic heterocycles. The van der Waals surface area contributed by atoms with Crippen LogP contribution in [0.3, 0.4) is 0 Å². The van der Waals surface area contributed by atoms with E-state index in [0.717, 1.165) is 62.5 Å². The highest BCUT2D eigenvalue weighted by Gasteiger charge is 2.54. The highest BCUT2D eigenvalue weighted by Crippen LogP contribution is 2.38. The van der Waals surface area contributed by atoms with Crippen LogP contribution < -0.4 is 10.9 Å². The predicted molar refractivity (Wildman–Crippen MR) is 182 cm³/mol. The lowest BCUT2D eigenvalue weighted by atomic mass is 9.70. The van der Waals surface area contributed by atoms with Crippen molar-refractivity contribution in [3.05, 3.63) is 90.1 Å². The number of aryl methyl sites for hydroxylation is 2. The Balaban J connectivity index is 1.15. The summed E-state index contributed by atoms with van der Waals surface area (Å²) >= 11 is 0. The average molecular weight is 601 g/mol. The van der Waals surface area contributed by atoms with Gasteiger partial charge in [-0.2, -0.15) is 0 Å². The second kappa shape index (κ2) is 10.6. The normalized spacial score (nSPS) is 20.0. The first-order valence-electron chi connectivity index (χ1n) is 15.9. The third kappa shape index (κ3) is 5.32. The van der Waals surface area contributed by atoms with E-state index >= 15 is 0 Å². The van der Waals surface area contributed by atoms with Crippen LogP contribution in [0.1, 0.15) is 66.5 Å². The standard InChI is InChI=1S/C37H41B2NO5/c1-34(2)35(3,4)43-38(42-34)26-20-25(21-27(22-26)39-44-36(5,6)37(7,8)45-39)17-16-24-18-19-31(40-23-24)30-14-11-13-29-28-12-9-10-15-32(28)41-33(29)30/h9-15,18-23H,16-17H2,1-8H3. The Kier molecular flexibility index (Phi) is 7.10. The van der Waals surface area contributed by atoms with Gasteiger partial charge in [0.25, 0.3) is 0 Å². The first-order chi connectivity index (χ1) is 21.2. The molecule has 0 saturated carbocycles. The third-order valence-corrected chi connectivity index (χ3v) is 10.3. The van der Waals surface area contributed by atoms with Gasteiger partial charge < -0.3 is 23.0 Å². The van der Waals surface area contributed by atoms with Gasteiger partial charge in [-0.25, -0.2) is 0 Å². The van der Waals surface area contributed by atoms with E-state index < -0.39 is 36.6 Å². The molecule has 6 nitrogen and oxygen atoms in total. The van der Waals surface area contributed by atoms with Crippen LogP contribution in [0.4, 0.5) is 0 Å². The summed E-state index contributed by atoms with van der Waals surface area (Å²) in [6, 6.07) is 25.2. The van der Waals surface area contributed by atoms with Crippen LogP contribution in [0.25, 0.3) is 33.2 Å². The van der Waals surface area contributed by atoms with Gasteiger partial charge in [0.05, 0.1) is 28.1 Å². The Hall–Kier alpha value is -3.42. The molecule has 0 aliphatic carbocycles. The van der Waals surface area contributed by atoms with E-state index in [9.17, 15) is 0 Å². The van der Waals surface area contributed by atoms with E-state index in [-0.39, 0.29) is 0 Å². The molecule has 0 unspecified atom stereocenters. The van der Waals surface area contributed by atoms with Gasteiger partial charge in [-0.1, -0.05) is 54.6 Å². The summed E-state index contributed by atoms with van der Waals surface area (Å²) in [5.41, 5.74) is 6.20. The summed E-state index contributed by atoms with van der Waals surface area (Å²) in [6.07, 6.45) is 3.63. The highest BCUT2D eigenvalue weighted by atomic mass is 16.7. The molecule has 7 rings (SSSR count). The minimum absolute atomic E-state index is 0.432. The quantitative estimate of drug-likeness (QED) is 0.195. The second-order valence-electron chi connectivity index (χ2n) is 14.5. The van der Waals surface area contributed by atoms with Crippen molar-refractivity contribution in [1.29, 1.82) is 0 Å². The summed E-state index contributed by atoms with van der Waals surface area (Å²) < 4.78 is 32.1. The molecular formula is C37H41B2NO5. The summed E-state index contributed by atoms with van der Waals surface area (Å²) in [5.74, 6) is 0. The molecule has 45 heavy (non-hydrogen) atoms. The van der Waals surface area contributed by atoms with Crippen LogP contribution in [0, 0.1) is 0 Å². The predicted octanol–water partition coefficient (Wildman–Crippen LogP) is 7.03. The van der Waals surface area contributed by atoms with Crippen LogP contribution >= 0.6 is 0 Å². The second-order valence-corrected chi connectivity index (χ2v) is 14.5. The largest absolute Gasteiger partial charge is 0.494 e. The van der Waals surface area contributed by atoms with Crippen molar-refractivity contribution in [3.8, 4) is 11.3 Å². The fraction of sp³-hybridized carbons (Fsp3) is 0.378. The molecule has 0 amide bonds. The van der Waals surface area contributed by atoms with Crippen molar-refractivity contribution >= 4 is 47.1 Å². The Morgan fingerprint density at radius 1 is 0.578 bits per heavy atom. The molecule has 230 valence electrons. The van der Waals surface area contributed by atoms with Crippen molar-refractivity contribution in [1.82, 2.24) is 4.98 Å². The maximum Gasteiger partial charge on any atom is 0.494 e. The SMILES string of the molecule is CC1(C)OB(c2cc(CCc3ccc(-c4cccc5c4oc4ccccc45)nc3)cc(B3OC(C)(C)C(C)(C)O3)c2)OC1(C)C.